The summed E-state index contributed by atoms with van der Waals surface area (Å²) in [7, 11) is 0. The molecule has 0 bridgehead atoms. The first-order valence-electron chi connectivity index (χ1n) is 16.6. The summed E-state index contributed by atoms with van der Waals surface area (Å²) in [4.78, 5) is 74.0. The summed E-state index contributed by atoms with van der Waals surface area (Å²) in [5.41, 5.74) is 8.13. The van der Waals surface area contributed by atoms with E-state index >= 15 is 0 Å². The van der Waals surface area contributed by atoms with Gasteiger partial charge >= 0.3 is 0 Å². The van der Waals surface area contributed by atoms with Crippen molar-refractivity contribution < 1.29 is 29.1 Å². The molecular formula is C35H45N7O6. The lowest BCUT2D eigenvalue weighted by Gasteiger charge is -2.31. The van der Waals surface area contributed by atoms with Crippen molar-refractivity contribution >= 4 is 40.4 Å². The lowest BCUT2D eigenvalue weighted by molar-refractivity contribution is -0.144. The Kier molecular flexibility index (Phi) is 11.5. The Morgan fingerprint density at radius 1 is 0.812 bits per heavy atom. The van der Waals surface area contributed by atoms with Gasteiger partial charge in [0.25, 0.3) is 0 Å². The fraction of sp³-hybridized carbons (Fsp3) is 0.457. The van der Waals surface area contributed by atoms with E-state index in [1.165, 1.54) is 11.8 Å². The molecule has 2 saturated heterocycles. The summed E-state index contributed by atoms with van der Waals surface area (Å²) < 4.78 is 0. The molecule has 13 nitrogen and oxygen atoms in total. The minimum Gasteiger partial charge on any atom is -0.391 e. The van der Waals surface area contributed by atoms with E-state index in [4.69, 9.17) is 5.73 Å². The Bertz CT molecular complexity index is 1610. The van der Waals surface area contributed by atoms with Crippen LogP contribution in [0.4, 0.5) is 0 Å². The molecule has 0 aliphatic carbocycles. The average molecular weight is 660 g/mol. The largest absolute Gasteiger partial charge is 0.391 e. The SMILES string of the molecule is CC(O)[C@@H]1NC(=O)C(CCCCN)NC(=O)[C@@H](Cc2c[nH]c3ccccc23)NC(=O)[C@H](Cc2ccccc2)NC(=O)[C@@H]2CCCN2C1=O. The van der Waals surface area contributed by atoms with Crippen LogP contribution in [0, 0.1) is 0 Å². The summed E-state index contributed by atoms with van der Waals surface area (Å²) >= 11 is 0. The molecule has 5 amide bonds. The smallest absolute Gasteiger partial charge is 0.248 e. The van der Waals surface area contributed by atoms with Gasteiger partial charge in [0.2, 0.25) is 29.5 Å². The molecule has 2 aromatic carbocycles. The predicted octanol–water partition coefficient (Wildman–Crippen LogP) is 0.407. The Labute approximate surface area is 279 Å². The van der Waals surface area contributed by atoms with Gasteiger partial charge in [0.1, 0.15) is 30.2 Å². The number of carbonyl (C=O) groups excluding carboxylic acids is 5. The van der Waals surface area contributed by atoms with E-state index < -0.39 is 65.8 Å². The van der Waals surface area contributed by atoms with Crippen molar-refractivity contribution in [3.05, 3.63) is 71.9 Å². The fourth-order valence-electron chi connectivity index (χ4n) is 6.49. The first-order valence-corrected chi connectivity index (χ1v) is 16.6. The number of hydrogen-bond donors (Lipinski definition) is 7. The summed E-state index contributed by atoms with van der Waals surface area (Å²) in [6, 6.07) is 11.2. The molecule has 256 valence electrons. The number of aromatic amines is 1. The number of aliphatic hydroxyl groups is 1. The van der Waals surface area contributed by atoms with Crippen LogP contribution >= 0.6 is 0 Å². The number of fused-ring (bicyclic) bond motifs is 2. The molecule has 0 spiro atoms. The Balaban J connectivity index is 1.54. The van der Waals surface area contributed by atoms with Crippen molar-refractivity contribution in [2.75, 3.05) is 13.1 Å². The van der Waals surface area contributed by atoms with E-state index in [0.29, 0.717) is 32.2 Å². The van der Waals surface area contributed by atoms with Crippen LogP contribution in [0.5, 0.6) is 0 Å². The van der Waals surface area contributed by atoms with Crippen molar-refractivity contribution in [2.24, 2.45) is 5.73 Å². The van der Waals surface area contributed by atoms with Crippen LogP contribution in [0.1, 0.15) is 50.2 Å². The van der Waals surface area contributed by atoms with Gasteiger partial charge in [0, 0.05) is 36.5 Å². The van der Waals surface area contributed by atoms with Crippen LogP contribution in [0.3, 0.4) is 0 Å². The molecular weight excluding hydrogens is 614 g/mol. The van der Waals surface area contributed by atoms with E-state index in [-0.39, 0.29) is 25.8 Å². The highest BCUT2D eigenvalue weighted by Gasteiger charge is 2.41. The molecule has 0 saturated carbocycles. The third-order valence-electron chi connectivity index (χ3n) is 9.11. The highest BCUT2D eigenvalue weighted by Crippen LogP contribution is 2.22. The zero-order valence-corrected chi connectivity index (χ0v) is 27.1. The normalized spacial score (nSPS) is 24.9. The summed E-state index contributed by atoms with van der Waals surface area (Å²) in [5.74, 6) is -2.99. The van der Waals surface area contributed by atoms with Gasteiger partial charge in [-0.3, -0.25) is 24.0 Å². The molecule has 5 rings (SSSR count). The maximum atomic E-state index is 14.1. The van der Waals surface area contributed by atoms with Crippen LogP contribution in [-0.4, -0.2) is 93.9 Å². The third-order valence-corrected chi connectivity index (χ3v) is 9.11. The second-order valence-corrected chi connectivity index (χ2v) is 12.6. The zero-order chi connectivity index (χ0) is 34.2. The Morgan fingerprint density at radius 2 is 1.46 bits per heavy atom. The van der Waals surface area contributed by atoms with Crippen molar-refractivity contribution in [2.45, 2.75) is 88.2 Å². The minimum atomic E-state index is -1.35. The van der Waals surface area contributed by atoms with Gasteiger partial charge in [-0.2, -0.15) is 0 Å². The molecule has 1 aromatic heterocycles. The number of amides is 5. The quantitative estimate of drug-likeness (QED) is 0.161. The number of nitrogens with two attached hydrogens (primary N) is 1. The molecule has 0 radical (unpaired) electrons. The molecule has 2 unspecified atom stereocenters. The Hall–Kier alpha value is -4.75. The molecule has 3 aromatic rings. The molecule has 2 fully saturated rings. The highest BCUT2D eigenvalue weighted by molar-refractivity contribution is 5.98. The Morgan fingerprint density at radius 3 is 2.19 bits per heavy atom. The topological polar surface area (TPSA) is 199 Å². The number of carbonyl (C=O) groups is 5. The number of aromatic nitrogens is 1. The average Bonchev–Trinajstić information content (AvgIpc) is 3.73. The highest BCUT2D eigenvalue weighted by atomic mass is 16.3. The van der Waals surface area contributed by atoms with Crippen LogP contribution < -0.4 is 27.0 Å². The van der Waals surface area contributed by atoms with E-state index in [1.807, 2.05) is 54.6 Å². The molecule has 2 aliphatic rings. The van der Waals surface area contributed by atoms with Crippen molar-refractivity contribution in [1.29, 1.82) is 0 Å². The second-order valence-electron chi connectivity index (χ2n) is 12.6. The summed E-state index contributed by atoms with van der Waals surface area (Å²) in [6.07, 6.45) is 2.92. The number of hydrogen-bond acceptors (Lipinski definition) is 7. The number of benzene rings is 2. The maximum absolute atomic E-state index is 14.1. The van der Waals surface area contributed by atoms with Crippen molar-refractivity contribution in [3.8, 4) is 0 Å². The van der Waals surface area contributed by atoms with Gasteiger partial charge in [-0.25, -0.2) is 0 Å². The number of aliphatic hydroxyl groups excluding tert-OH is 1. The lowest BCUT2D eigenvalue weighted by atomic mass is 10.0. The summed E-state index contributed by atoms with van der Waals surface area (Å²) in [5, 5.41) is 22.7. The molecule has 3 heterocycles. The monoisotopic (exact) mass is 659 g/mol. The number of nitrogens with zero attached hydrogens (tertiary/aromatic N) is 1. The van der Waals surface area contributed by atoms with Gasteiger partial charge in [0.05, 0.1) is 6.10 Å². The molecule has 6 atom stereocenters. The number of H-pyrrole nitrogens is 1. The fourth-order valence-corrected chi connectivity index (χ4v) is 6.49. The van der Waals surface area contributed by atoms with Crippen molar-refractivity contribution in [1.82, 2.24) is 31.2 Å². The molecule has 48 heavy (non-hydrogen) atoms. The third kappa shape index (κ3) is 8.20. The number of rotatable bonds is 9. The van der Waals surface area contributed by atoms with Crippen molar-refractivity contribution in [3.63, 3.8) is 0 Å². The first kappa shape index (κ1) is 34.6. The van der Waals surface area contributed by atoms with Crippen LogP contribution in [-0.2, 0) is 36.8 Å². The van der Waals surface area contributed by atoms with E-state index in [9.17, 15) is 29.1 Å². The lowest BCUT2D eigenvalue weighted by Crippen LogP contribution is -2.60. The van der Waals surface area contributed by atoms with Gasteiger partial charge < -0.3 is 42.0 Å². The van der Waals surface area contributed by atoms with E-state index in [2.05, 4.69) is 26.3 Å². The second kappa shape index (κ2) is 15.9. The molecule has 8 N–H and O–H groups in total. The predicted molar refractivity (Wildman–Crippen MR) is 179 cm³/mol. The minimum absolute atomic E-state index is 0.0932. The van der Waals surface area contributed by atoms with E-state index in [0.717, 1.165) is 22.0 Å². The number of nitrogens with one attached hydrogen (secondary N) is 5. The maximum Gasteiger partial charge on any atom is 0.248 e. The van der Waals surface area contributed by atoms with Crippen LogP contribution in [0.15, 0.2) is 60.8 Å². The van der Waals surface area contributed by atoms with Crippen LogP contribution in [0.25, 0.3) is 10.9 Å². The first-order chi connectivity index (χ1) is 23.2. The molecule has 2 aliphatic heterocycles. The zero-order valence-electron chi connectivity index (χ0n) is 27.1. The number of para-hydroxylation sites is 1. The van der Waals surface area contributed by atoms with Gasteiger partial charge in [0.15, 0.2) is 0 Å². The standard InChI is InChI=1S/C35H45N7O6/c1-21(43)30-35(48)42-17-9-15-29(42)34(47)40-27(18-22-10-3-2-4-11-22)32(45)39-28(19-23-20-37-25-13-6-5-12-24(23)25)33(46)38-26(31(44)41-30)14-7-8-16-36/h2-6,10-13,20-21,26-30,37,43H,7-9,14-19,36H2,1H3,(H,38,46)(H,39,45)(H,40,47)(H,41,44)/t21?,26?,27-,28+,29-,30-/m0/s1. The number of unbranched alkanes of at least 4 members (excludes halogenated alkanes) is 1. The van der Waals surface area contributed by atoms with Gasteiger partial charge in [-0.1, -0.05) is 48.5 Å². The van der Waals surface area contributed by atoms with Gasteiger partial charge in [-0.05, 0) is 62.8 Å². The van der Waals surface area contributed by atoms with Crippen LogP contribution in [0.2, 0.25) is 0 Å². The van der Waals surface area contributed by atoms with Gasteiger partial charge in [-0.15, -0.1) is 0 Å². The molecule has 13 heteroatoms. The van der Waals surface area contributed by atoms with E-state index in [1.54, 1.807) is 6.20 Å². The summed E-state index contributed by atoms with van der Waals surface area (Å²) in [6.45, 7) is 2.02.